The lowest BCUT2D eigenvalue weighted by molar-refractivity contribution is -0.385. The Morgan fingerprint density at radius 2 is 2.23 bits per heavy atom. The Morgan fingerprint density at radius 3 is 2.82 bits per heavy atom. The van der Waals surface area contributed by atoms with E-state index in [1.807, 2.05) is 13.0 Å². The molecule has 0 amide bonds. The number of nitrogens with two attached hydrogens (primary N) is 1. The summed E-state index contributed by atoms with van der Waals surface area (Å²) < 4.78 is 5.42. The van der Waals surface area contributed by atoms with Gasteiger partial charge in [-0.2, -0.15) is 0 Å². The summed E-state index contributed by atoms with van der Waals surface area (Å²) in [6.45, 7) is 4.00. The molecule has 6 nitrogen and oxygen atoms in total. The second kappa shape index (κ2) is 8.43. The van der Waals surface area contributed by atoms with Crippen LogP contribution in [-0.2, 0) is 11.3 Å². The van der Waals surface area contributed by atoms with Gasteiger partial charge in [0.2, 0.25) is 0 Å². The van der Waals surface area contributed by atoms with E-state index in [2.05, 4.69) is 4.90 Å². The van der Waals surface area contributed by atoms with Gasteiger partial charge in [0.25, 0.3) is 5.69 Å². The molecular weight excluding hydrogens is 306 g/mol. The van der Waals surface area contributed by atoms with E-state index in [0.717, 1.165) is 30.5 Å². The van der Waals surface area contributed by atoms with Gasteiger partial charge in [-0.05, 0) is 25.3 Å². The van der Waals surface area contributed by atoms with E-state index in [-0.39, 0.29) is 35.2 Å². The summed E-state index contributed by atoms with van der Waals surface area (Å²) >= 11 is 0. The molecule has 1 aliphatic rings. The SMILES string of the molecule is COC1CCN(Cc2cccc([N+](=O)[O-])c2C)C(CN)C1.Cl. The summed E-state index contributed by atoms with van der Waals surface area (Å²) in [5.74, 6) is 0. The first-order valence-corrected chi connectivity index (χ1v) is 7.26. The molecule has 0 spiro atoms. The van der Waals surface area contributed by atoms with Gasteiger partial charge in [0.1, 0.15) is 0 Å². The highest BCUT2D eigenvalue weighted by molar-refractivity contribution is 5.85. The van der Waals surface area contributed by atoms with Gasteiger partial charge in [0.15, 0.2) is 0 Å². The van der Waals surface area contributed by atoms with E-state index in [0.29, 0.717) is 13.1 Å². The number of nitro benzene ring substituents is 1. The normalized spacial score (nSPS) is 22.1. The number of methoxy groups -OCH3 is 1. The standard InChI is InChI=1S/C15H23N3O3.ClH/c1-11-12(4-3-5-15(11)18(19)20)10-17-7-6-14(21-2)8-13(17)9-16;/h3-5,13-14H,6-10,16H2,1-2H3;1H. The fraction of sp³-hybridized carbons (Fsp3) is 0.600. The maximum atomic E-state index is 11.0. The molecule has 1 heterocycles. The fourth-order valence-corrected chi connectivity index (χ4v) is 2.99. The maximum Gasteiger partial charge on any atom is 0.272 e. The minimum Gasteiger partial charge on any atom is -0.381 e. The van der Waals surface area contributed by atoms with E-state index in [4.69, 9.17) is 10.5 Å². The summed E-state index contributed by atoms with van der Waals surface area (Å²) in [4.78, 5) is 13.0. The zero-order valence-corrected chi connectivity index (χ0v) is 13.8. The Morgan fingerprint density at radius 1 is 1.50 bits per heavy atom. The number of nitrogens with zero attached hydrogens (tertiary/aromatic N) is 2. The van der Waals surface area contributed by atoms with Crippen LogP contribution < -0.4 is 5.73 Å². The number of hydrogen-bond donors (Lipinski definition) is 1. The number of benzene rings is 1. The molecule has 22 heavy (non-hydrogen) atoms. The van der Waals surface area contributed by atoms with Crippen molar-refractivity contribution >= 4 is 18.1 Å². The van der Waals surface area contributed by atoms with Gasteiger partial charge < -0.3 is 10.5 Å². The Kier molecular flexibility index (Phi) is 7.22. The van der Waals surface area contributed by atoms with Gasteiger partial charge in [-0.3, -0.25) is 15.0 Å². The van der Waals surface area contributed by atoms with Gasteiger partial charge in [-0.15, -0.1) is 12.4 Å². The van der Waals surface area contributed by atoms with Crippen molar-refractivity contribution in [1.82, 2.24) is 4.90 Å². The van der Waals surface area contributed by atoms with Gasteiger partial charge in [-0.25, -0.2) is 0 Å². The molecular formula is C15H24ClN3O3. The molecule has 0 aromatic heterocycles. The molecule has 2 rings (SSSR count). The molecule has 1 aliphatic heterocycles. The van der Waals surface area contributed by atoms with Crippen molar-refractivity contribution in [1.29, 1.82) is 0 Å². The second-order valence-corrected chi connectivity index (χ2v) is 5.56. The summed E-state index contributed by atoms with van der Waals surface area (Å²) in [6, 6.07) is 5.52. The third kappa shape index (κ3) is 4.16. The van der Waals surface area contributed by atoms with Gasteiger partial charge in [-0.1, -0.05) is 12.1 Å². The highest BCUT2D eigenvalue weighted by Gasteiger charge is 2.28. The maximum absolute atomic E-state index is 11.0. The third-order valence-electron chi connectivity index (χ3n) is 4.38. The number of ether oxygens (including phenoxy) is 1. The first-order chi connectivity index (χ1) is 10.1. The minimum atomic E-state index is -0.323. The van der Waals surface area contributed by atoms with Crippen LogP contribution in [0.1, 0.15) is 24.0 Å². The highest BCUT2D eigenvalue weighted by Crippen LogP contribution is 2.26. The van der Waals surface area contributed by atoms with Crippen molar-refractivity contribution in [2.24, 2.45) is 5.73 Å². The third-order valence-corrected chi connectivity index (χ3v) is 4.38. The summed E-state index contributed by atoms with van der Waals surface area (Å²) in [6.07, 6.45) is 2.16. The molecule has 0 aliphatic carbocycles. The average Bonchev–Trinajstić information content (AvgIpc) is 2.49. The topological polar surface area (TPSA) is 81.6 Å². The van der Waals surface area contributed by atoms with Gasteiger partial charge >= 0.3 is 0 Å². The van der Waals surface area contributed by atoms with Crippen molar-refractivity contribution in [3.8, 4) is 0 Å². The molecule has 0 bridgehead atoms. The zero-order valence-electron chi connectivity index (χ0n) is 13.0. The monoisotopic (exact) mass is 329 g/mol. The molecule has 2 atom stereocenters. The molecule has 0 saturated carbocycles. The van der Waals surface area contributed by atoms with Crippen molar-refractivity contribution in [3.63, 3.8) is 0 Å². The van der Waals surface area contributed by atoms with Crippen LogP contribution in [0.15, 0.2) is 18.2 Å². The molecule has 7 heteroatoms. The first kappa shape index (κ1) is 18.8. The van der Waals surface area contributed by atoms with Crippen molar-refractivity contribution in [2.75, 3.05) is 20.2 Å². The number of hydrogen-bond acceptors (Lipinski definition) is 5. The summed E-state index contributed by atoms with van der Waals surface area (Å²) in [5, 5.41) is 11.0. The van der Waals surface area contributed by atoms with Crippen LogP contribution >= 0.6 is 12.4 Å². The van der Waals surface area contributed by atoms with E-state index >= 15 is 0 Å². The van der Waals surface area contributed by atoms with Gasteiger partial charge in [0.05, 0.1) is 11.0 Å². The van der Waals surface area contributed by atoms with E-state index in [1.165, 1.54) is 0 Å². The molecule has 2 unspecified atom stereocenters. The van der Waals surface area contributed by atoms with Crippen LogP contribution in [0.25, 0.3) is 0 Å². The second-order valence-electron chi connectivity index (χ2n) is 5.56. The Labute approximate surface area is 137 Å². The fourth-order valence-electron chi connectivity index (χ4n) is 2.99. The number of piperidine rings is 1. The predicted molar refractivity (Wildman–Crippen MR) is 88.4 cm³/mol. The molecule has 1 aromatic rings. The van der Waals surface area contributed by atoms with Crippen molar-refractivity contribution < 1.29 is 9.66 Å². The molecule has 1 aromatic carbocycles. The Bertz CT molecular complexity index is 513. The van der Waals surface area contributed by atoms with E-state index in [9.17, 15) is 10.1 Å². The quantitative estimate of drug-likeness (QED) is 0.662. The average molecular weight is 330 g/mol. The van der Waals surface area contributed by atoms with E-state index in [1.54, 1.807) is 19.2 Å². The zero-order chi connectivity index (χ0) is 15.4. The largest absolute Gasteiger partial charge is 0.381 e. The minimum absolute atomic E-state index is 0. The lowest BCUT2D eigenvalue weighted by atomic mass is 9.97. The van der Waals surface area contributed by atoms with Crippen LogP contribution in [0.2, 0.25) is 0 Å². The predicted octanol–water partition coefficient (Wildman–Crippen LogP) is 2.26. The lowest BCUT2D eigenvalue weighted by Gasteiger charge is -2.38. The van der Waals surface area contributed by atoms with Crippen LogP contribution in [0.4, 0.5) is 5.69 Å². The molecule has 1 fully saturated rings. The lowest BCUT2D eigenvalue weighted by Crippen LogP contribution is -2.48. The van der Waals surface area contributed by atoms with Crippen LogP contribution in [-0.4, -0.2) is 42.2 Å². The number of rotatable bonds is 5. The van der Waals surface area contributed by atoms with Crippen LogP contribution in [0.5, 0.6) is 0 Å². The Hall–Kier alpha value is -1.21. The van der Waals surface area contributed by atoms with Crippen molar-refractivity contribution in [3.05, 3.63) is 39.4 Å². The molecule has 1 saturated heterocycles. The number of halogens is 1. The van der Waals surface area contributed by atoms with Crippen molar-refractivity contribution in [2.45, 2.75) is 38.5 Å². The smallest absolute Gasteiger partial charge is 0.272 e. The Balaban J connectivity index is 0.00000242. The van der Waals surface area contributed by atoms with Crippen LogP contribution in [0.3, 0.4) is 0 Å². The summed E-state index contributed by atoms with van der Waals surface area (Å²) in [7, 11) is 1.73. The number of likely N-dealkylation sites (tertiary alicyclic amines) is 1. The first-order valence-electron chi connectivity index (χ1n) is 7.26. The number of nitro groups is 1. The van der Waals surface area contributed by atoms with Gasteiger partial charge in [0, 0.05) is 44.4 Å². The van der Waals surface area contributed by atoms with Crippen LogP contribution in [0, 0.1) is 17.0 Å². The van der Waals surface area contributed by atoms with E-state index < -0.39 is 0 Å². The highest BCUT2D eigenvalue weighted by atomic mass is 35.5. The molecule has 124 valence electrons. The summed E-state index contributed by atoms with van der Waals surface area (Å²) in [5.41, 5.74) is 7.80. The molecule has 0 radical (unpaired) electrons. The molecule has 2 N–H and O–H groups in total.